The summed E-state index contributed by atoms with van der Waals surface area (Å²) in [5, 5.41) is 15.4. The second-order valence-electron chi connectivity index (χ2n) is 5.86. The molecule has 25 heavy (non-hydrogen) atoms. The Balaban J connectivity index is 1.56. The molecule has 2 aromatic heterocycles. The largest absolute Gasteiger partial charge is 0.417 e. The van der Waals surface area contributed by atoms with Gasteiger partial charge < -0.3 is 4.52 Å². The Bertz CT molecular complexity index is 883. The zero-order valence-corrected chi connectivity index (χ0v) is 12.9. The summed E-state index contributed by atoms with van der Waals surface area (Å²) in [7, 11) is 0. The number of hydrogen-bond donors (Lipinski definition) is 0. The molecule has 0 spiro atoms. The summed E-state index contributed by atoms with van der Waals surface area (Å²) in [5.41, 5.74) is -0.929. The normalized spacial score (nSPS) is 15.3. The van der Waals surface area contributed by atoms with Gasteiger partial charge in [0.2, 0.25) is 11.7 Å². The van der Waals surface area contributed by atoms with Crippen LogP contribution in [0.1, 0.15) is 42.5 Å². The molecule has 0 atom stereocenters. The number of hydrogen-bond acceptors (Lipinski definition) is 6. The second kappa shape index (κ2) is 5.94. The number of nitrogens with zero attached hydrogens (tertiary/aromatic N) is 6. The Labute approximate surface area is 139 Å². The van der Waals surface area contributed by atoms with Gasteiger partial charge in [-0.3, -0.25) is 0 Å². The highest BCUT2D eigenvalue weighted by Crippen LogP contribution is 2.36. The van der Waals surface area contributed by atoms with E-state index in [-0.39, 0.29) is 17.9 Å². The molecule has 1 aliphatic carbocycles. The molecule has 1 saturated carbocycles. The zero-order valence-electron chi connectivity index (χ0n) is 12.9. The summed E-state index contributed by atoms with van der Waals surface area (Å²) < 4.78 is 44.4. The summed E-state index contributed by atoms with van der Waals surface area (Å²) in [5.74, 6) is 1.18. The monoisotopic (exact) mass is 350 g/mol. The third-order valence-corrected chi connectivity index (χ3v) is 4.16. The number of aromatic nitrogens is 6. The fraction of sp³-hybridized carbons (Fsp3) is 0.400. The van der Waals surface area contributed by atoms with Gasteiger partial charge in [0.1, 0.15) is 6.54 Å². The van der Waals surface area contributed by atoms with E-state index in [1.807, 2.05) is 0 Å². The Morgan fingerprint density at radius 1 is 1.20 bits per heavy atom. The van der Waals surface area contributed by atoms with Crippen molar-refractivity contribution in [3.05, 3.63) is 41.5 Å². The molecule has 1 aromatic carbocycles. The van der Waals surface area contributed by atoms with Crippen LogP contribution in [0.15, 0.2) is 28.8 Å². The van der Waals surface area contributed by atoms with Crippen LogP contribution in [-0.2, 0) is 12.7 Å². The standard InChI is InChI=1S/C15H13F3N6O/c16-15(17,18)11-7-2-1-6-10(11)14-20-23-24(21-14)8-12-19-13(22-25-12)9-4-3-5-9/h1-2,6-7,9H,3-5,8H2. The van der Waals surface area contributed by atoms with E-state index in [0.29, 0.717) is 17.6 Å². The van der Waals surface area contributed by atoms with E-state index in [2.05, 4.69) is 25.6 Å². The topological polar surface area (TPSA) is 82.5 Å². The van der Waals surface area contributed by atoms with Gasteiger partial charge in [-0.25, -0.2) is 0 Å². The van der Waals surface area contributed by atoms with Crippen LogP contribution in [0.5, 0.6) is 0 Å². The van der Waals surface area contributed by atoms with E-state index < -0.39 is 11.7 Å². The predicted octanol–water partition coefficient (Wildman–Crippen LogP) is 3.06. The van der Waals surface area contributed by atoms with Crippen molar-refractivity contribution in [2.24, 2.45) is 0 Å². The van der Waals surface area contributed by atoms with Gasteiger partial charge in [-0.15, -0.1) is 10.2 Å². The fourth-order valence-electron chi connectivity index (χ4n) is 2.63. The van der Waals surface area contributed by atoms with Crippen LogP contribution in [0.4, 0.5) is 13.2 Å². The highest BCUT2D eigenvalue weighted by molar-refractivity contribution is 5.60. The third-order valence-electron chi connectivity index (χ3n) is 4.16. The number of halogens is 3. The average Bonchev–Trinajstić information content (AvgIpc) is 3.15. The van der Waals surface area contributed by atoms with Crippen molar-refractivity contribution in [1.29, 1.82) is 0 Å². The number of tetrazole rings is 1. The zero-order chi connectivity index (χ0) is 17.4. The molecule has 0 unspecified atom stereocenters. The van der Waals surface area contributed by atoms with Crippen LogP contribution in [0.3, 0.4) is 0 Å². The van der Waals surface area contributed by atoms with E-state index in [9.17, 15) is 13.2 Å². The molecule has 0 aliphatic heterocycles. The first-order chi connectivity index (χ1) is 12.0. The first-order valence-electron chi connectivity index (χ1n) is 7.77. The summed E-state index contributed by atoms with van der Waals surface area (Å²) in [6.07, 6.45) is -1.26. The maximum Gasteiger partial charge on any atom is 0.417 e. The second-order valence-corrected chi connectivity index (χ2v) is 5.86. The van der Waals surface area contributed by atoms with E-state index >= 15 is 0 Å². The fourth-order valence-corrected chi connectivity index (χ4v) is 2.63. The molecule has 10 heteroatoms. The lowest BCUT2D eigenvalue weighted by atomic mass is 9.85. The first kappa shape index (κ1) is 15.7. The van der Waals surface area contributed by atoms with Gasteiger partial charge in [-0.1, -0.05) is 29.8 Å². The SMILES string of the molecule is FC(F)(F)c1ccccc1-c1nnn(Cc2nc(C3CCC3)no2)n1. The van der Waals surface area contributed by atoms with Gasteiger partial charge in [0.15, 0.2) is 5.82 Å². The molecule has 0 N–H and O–H groups in total. The van der Waals surface area contributed by atoms with Gasteiger partial charge in [0.25, 0.3) is 0 Å². The minimum atomic E-state index is -4.49. The molecule has 2 heterocycles. The van der Waals surface area contributed by atoms with Crippen molar-refractivity contribution in [1.82, 2.24) is 30.3 Å². The Morgan fingerprint density at radius 2 is 2.00 bits per heavy atom. The first-order valence-corrected chi connectivity index (χ1v) is 7.77. The van der Waals surface area contributed by atoms with E-state index in [1.165, 1.54) is 18.2 Å². The quantitative estimate of drug-likeness (QED) is 0.719. The Kier molecular flexibility index (Phi) is 3.74. The summed E-state index contributed by atoms with van der Waals surface area (Å²) in [6, 6.07) is 5.11. The summed E-state index contributed by atoms with van der Waals surface area (Å²) in [4.78, 5) is 5.42. The molecule has 0 bridgehead atoms. The molecular weight excluding hydrogens is 337 g/mol. The molecule has 0 amide bonds. The smallest absolute Gasteiger partial charge is 0.337 e. The van der Waals surface area contributed by atoms with Crippen LogP contribution in [0.25, 0.3) is 11.4 Å². The lowest BCUT2D eigenvalue weighted by Gasteiger charge is -2.20. The molecule has 0 saturated heterocycles. The lowest BCUT2D eigenvalue weighted by molar-refractivity contribution is -0.137. The molecule has 130 valence electrons. The van der Waals surface area contributed by atoms with Crippen molar-refractivity contribution in [3.63, 3.8) is 0 Å². The Hall–Kier alpha value is -2.78. The van der Waals surface area contributed by atoms with Crippen LogP contribution < -0.4 is 0 Å². The van der Waals surface area contributed by atoms with Gasteiger partial charge in [0.05, 0.1) is 5.56 Å². The van der Waals surface area contributed by atoms with Gasteiger partial charge >= 0.3 is 6.18 Å². The molecule has 4 rings (SSSR count). The highest BCUT2D eigenvalue weighted by atomic mass is 19.4. The van der Waals surface area contributed by atoms with Crippen molar-refractivity contribution in [2.45, 2.75) is 37.9 Å². The van der Waals surface area contributed by atoms with Crippen LogP contribution >= 0.6 is 0 Å². The molecule has 0 radical (unpaired) electrons. The number of alkyl halides is 3. The van der Waals surface area contributed by atoms with Gasteiger partial charge in [-0.2, -0.15) is 23.0 Å². The van der Waals surface area contributed by atoms with Crippen LogP contribution in [0.2, 0.25) is 0 Å². The molecular formula is C15H13F3N6O. The minimum Gasteiger partial charge on any atom is -0.337 e. The molecule has 7 nitrogen and oxygen atoms in total. The summed E-state index contributed by atoms with van der Waals surface area (Å²) in [6.45, 7) is 0.0565. The van der Waals surface area contributed by atoms with E-state index in [4.69, 9.17) is 4.52 Å². The number of rotatable bonds is 4. The van der Waals surface area contributed by atoms with Gasteiger partial charge in [-0.05, 0) is 24.1 Å². The summed E-state index contributed by atoms with van der Waals surface area (Å²) >= 11 is 0. The van der Waals surface area contributed by atoms with Crippen molar-refractivity contribution in [3.8, 4) is 11.4 Å². The number of benzene rings is 1. The van der Waals surface area contributed by atoms with Crippen molar-refractivity contribution < 1.29 is 17.7 Å². The minimum absolute atomic E-state index is 0.0565. The van der Waals surface area contributed by atoms with Crippen molar-refractivity contribution >= 4 is 0 Å². The van der Waals surface area contributed by atoms with E-state index in [0.717, 1.165) is 30.1 Å². The molecule has 1 fully saturated rings. The molecule has 3 aromatic rings. The molecule has 1 aliphatic rings. The van der Waals surface area contributed by atoms with E-state index in [1.54, 1.807) is 0 Å². The maximum absolute atomic E-state index is 13.1. The average molecular weight is 350 g/mol. The Morgan fingerprint density at radius 3 is 2.72 bits per heavy atom. The van der Waals surface area contributed by atoms with Crippen molar-refractivity contribution in [2.75, 3.05) is 0 Å². The highest BCUT2D eigenvalue weighted by Gasteiger charge is 2.34. The lowest BCUT2D eigenvalue weighted by Crippen LogP contribution is -2.11. The third kappa shape index (κ3) is 3.11. The van der Waals surface area contributed by atoms with Gasteiger partial charge in [0, 0.05) is 11.5 Å². The predicted molar refractivity (Wildman–Crippen MR) is 78.2 cm³/mol. The maximum atomic E-state index is 13.1. The van der Waals surface area contributed by atoms with Crippen LogP contribution in [-0.4, -0.2) is 30.3 Å². The van der Waals surface area contributed by atoms with Crippen LogP contribution in [0, 0.1) is 0 Å².